The minimum absolute atomic E-state index is 0.113. The van der Waals surface area contributed by atoms with Crippen LogP contribution in [0.5, 0.6) is 0 Å². The van der Waals surface area contributed by atoms with Crippen molar-refractivity contribution < 1.29 is 18.1 Å². The molecule has 0 saturated carbocycles. The Morgan fingerprint density at radius 1 is 1.07 bits per heavy atom. The van der Waals surface area contributed by atoms with Crippen molar-refractivity contribution >= 4 is 27.1 Å². The Bertz CT molecular complexity index is 1050. The lowest BCUT2D eigenvalue weighted by molar-refractivity contribution is -0.384. The molecule has 4 rings (SSSR count). The second kappa shape index (κ2) is 7.90. The van der Waals surface area contributed by atoms with Crippen LogP contribution in [0.15, 0.2) is 52.5 Å². The van der Waals surface area contributed by atoms with Crippen LogP contribution in [-0.4, -0.2) is 49.7 Å². The van der Waals surface area contributed by atoms with Gasteiger partial charge in [0.2, 0.25) is 10.0 Å². The topological polar surface area (TPSA) is 114 Å². The maximum Gasteiger partial charge on any atom is 0.295 e. The summed E-state index contributed by atoms with van der Waals surface area (Å²) in [4.78, 5) is 10.8. The first-order chi connectivity index (χ1) is 13.9. The van der Waals surface area contributed by atoms with Crippen LogP contribution >= 0.6 is 0 Å². The highest BCUT2D eigenvalue weighted by Crippen LogP contribution is 2.30. The fourth-order valence-electron chi connectivity index (χ4n) is 3.48. The van der Waals surface area contributed by atoms with E-state index in [1.807, 2.05) is 24.3 Å². The summed E-state index contributed by atoms with van der Waals surface area (Å²) in [7, 11) is -3.82. The largest absolute Gasteiger partial charge is 0.379 e. The van der Waals surface area contributed by atoms with Gasteiger partial charge in [-0.25, -0.2) is 8.42 Å². The van der Waals surface area contributed by atoms with Crippen molar-refractivity contribution in [1.82, 2.24) is 4.31 Å². The Morgan fingerprint density at radius 2 is 1.72 bits per heavy atom. The molecule has 0 atom stereocenters. The lowest BCUT2D eigenvalue weighted by atomic mass is 10.1. The van der Waals surface area contributed by atoms with Crippen molar-refractivity contribution in [3.05, 3.63) is 63.7 Å². The number of fused-ring (bicyclic) bond motifs is 1. The molecule has 0 unspecified atom stereocenters. The molecule has 1 saturated heterocycles. The summed E-state index contributed by atoms with van der Waals surface area (Å²) in [6.45, 7) is 1.07. The van der Waals surface area contributed by atoms with E-state index in [4.69, 9.17) is 4.74 Å². The van der Waals surface area contributed by atoms with Gasteiger partial charge in [-0.1, -0.05) is 24.3 Å². The quantitative estimate of drug-likeness (QED) is 0.590. The average Bonchev–Trinajstić information content (AvgIpc) is 3.15. The molecule has 1 N–H and O–H groups in total. The molecule has 0 amide bonds. The predicted octanol–water partition coefficient (Wildman–Crippen LogP) is 2.18. The number of rotatable bonds is 5. The monoisotopic (exact) mass is 416 g/mol. The first-order valence-electron chi connectivity index (χ1n) is 9.20. The number of anilines is 1. The van der Waals surface area contributed by atoms with Crippen LogP contribution < -0.4 is 5.43 Å². The van der Waals surface area contributed by atoms with E-state index in [1.165, 1.54) is 27.6 Å². The summed E-state index contributed by atoms with van der Waals surface area (Å²) >= 11 is 0. The Hall–Kier alpha value is -2.82. The highest BCUT2D eigenvalue weighted by Gasteiger charge is 2.29. The molecule has 9 nitrogen and oxygen atoms in total. The van der Waals surface area contributed by atoms with Crippen molar-refractivity contribution in [3.8, 4) is 0 Å². The Labute approximate surface area is 168 Å². The van der Waals surface area contributed by atoms with Crippen molar-refractivity contribution in [2.24, 2.45) is 5.10 Å². The minimum atomic E-state index is -3.82. The number of hydrogen-bond donors (Lipinski definition) is 1. The van der Waals surface area contributed by atoms with Crippen LogP contribution in [0, 0.1) is 10.1 Å². The van der Waals surface area contributed by atoms with E-state index in [9.17, 15) is 18.5 Å². The predicted molar refractivity (Wildman–Crippen MR) is 108 cm³/mol. The minimum Gasteiger partial charge on any atom is -0.379 e. The van der Waals surface area contributed by atoms with Crippen LogP contribution in [0.2, 0.25) is 0 Å². The zero-order chi connectivity index (χ0) is 20.4. The van der Waals surface area contributed by atoms with E-state index in [0.717, 1.165) is 11.8 Å². The number of sulfonamides is 1. The Morgan fingerprint density at radius 3 is 2.34 bits per heavy atom. The van der Waals surface area contributed by atoms with Crippen molar-refractivity contribution in [2.75, 3.05) is 31.7 Å². The number of ether oxygens (including phenoxy) is 1. The van der Waals surface area contributed by atoms with Crippen molar-refractivity contribution in [3.63, 3.8) is 0 Å². The number of benzene rings is 2. The third-order valence-corrected chi connectivity index (χ3v) is 6.91. The first-order valence-corrected chi connectivity index (χ1v) is 10.6. The number of nitro benzene ring substituents is 1. The van der Waals surface area contributed by atoms with Gasteiger partial charge in [-0.05, 0) is 23.3 Å². The van der Waals surface area contributed by atoms with Crippen LogP contribution in [0.3, 0.4) is 0 Å². The summed E-state index contributed by atoms with van der Waals surface area (Å²) < 4.78 is 32.0. The summed E-state index contributed by atoms with van der Waals surface area (Å²) in [6.07, 6.45) is 1.36. The molecule has 29 heavy (non-hydrogen) atoms. The third-order valence-electron chi connectivity index (χ3n) is 5.02. The molecule has 10 heteroatoms. The average molecular weight is 416 g/mol. The van der Waals surface area contributed by atoms with Crippen LogP contribution in [0.1, 0.15) is 11.1 Å². The Kier molecular flexibility index (Phi) is 5.31. The van der Waals surface area contributed by atoms with E-state index >= 15 is 0 Å². The second-order valence-electron chi connectivity index (χ2n) is 6.86. The van der Waals surface area contributed by atoms with Crippen LogP contribution in [-0.2, 0) is 27.6 Å². The third kappa shape index (κ3) is 4.00. The molecule has 2 aromatic rings. The molecule has 1 heterocycles. The lowest BCUT2D eigenvalue weighted by Crippen LogP contribution is -2.40. The number of nitrogens with one attached hydrogen (secondary N) is 1. The molecule has 0 bridgehead atoms. The molecule has 0 aromatic heterocycles. The van der Waals surface area contributed by atoms with E-state index in [-0.39, 0.29) is 29.4 Å². The standard InChI is InChI=1S/C19H20N4O5S/c24-23(25)19-13-17(29(26,27)22-7-9-28-10-8-22)5-6-18(19)21-20-16-11-14-3-1-2-4-15(14)12-16/h1-6,13,21H,7-12H2. The van der Waals surface area contributed by atoms with Gasteiger partial charge in [-0.2, -0.15) is 9.41 Å². The van der Waals surface area contributed by atoms with Gasteiger partial charge in [0.15, 0.2) is 0 Å². The molecule has 1 aliphatic carbocycles. The second-order valence-corrected chi connectivity index (χ2v) is 8.80. The maximum absolute atomic E-state index is 12.8. The summed E-state index contributed by atoms with van der Waals surface area (Å²) in [5.74, 6) is 0. The van der Waals surface area contributed by atoms with Gasteiger partial charge in [0.25, 0.3) is 5.69 Å². The van der Waals surface area contributed by atoms with Crippen LogP contribution in [0.4, 0.5) is 11.4 Å². The van der Waals surface area contributed by atoms with Gasteiger partial charge in [0.05, 0.1) is 23.0 Å². The van der Waals surface area contributed by atoms with Gasteiger partial charge in [0.1, 0.15) is 5.69 Å². The zero-order valence-electron chi connectivity index (χ0n) is 15.6. The zero-order valence-corrected chi connectivity index (χ0v) is 16.4. The summed E-state index contributed by atoms with van der Waals surface area (Å²) in [5.41, 5.74) is 5.81. The smallest absolute Gasteiger partial charge is 0.295 e. The molecular formula is C19H20N4O5S. The lowest BCUT2D eigenvalue weighted by Gasteiger charge is -2.26. The van der Waals surface area contributed by atoms with E-state index in [1.54, 1.807) is 0 Å². The summed E-state index contributed by atoms with van der Waals surface area (Å²) in [6, 6.07) is 11.8. The normalized spacial score (nSPS) is 17.0. The van der Waals surface area contributed by atoms with Gasteiger partial charge < -0.3 is 4.74 Å². The highest BCUT2D eigenvalue weighted by atomic mass is 32.2. The SMILES string of the molecule is O=[N+]([O-])c1cc(S(=O)(=O)N2CCOCC2)ccc1NN=C1Cc2ccccc2C1. The summed E-state index contributed by atoms with van der Waals surface area (Å²) in [5, 5.41) is 15.9. The van der Waals surface area contributed by atoms with Crippen molar-refractivity contribution in [2.45, 2.75) is 17.7 Å². The fraction of sp³-hybridized carbons (Fsp3) is 0.316. The molecule has 2 aromatic carbocycles. The van der Waals surface area contributed by atoms with Gasteiger partial charge >= 0.3 is 0 Å². The number of nitro groups is 1. The molecule has 1 aliphatic heterocycles. The number of hydrogen-bond acceptors (Lipinski definition) is 7. The van der Waals surface area contributed by atoms with Crippen LogP contribution in [0.25, 0.3) is 0 Å². The number of nitrogens with zero attached hydrogens (tertiary/aromatic N) is 3. The van der Waals surface area contributed by atoms with Crippen molar-refractivity contribution in [1.29, 1.82) is 0 Å². The molecule has 152 valence electrons. The van der Waals surface area contributed by atoms with E-state index < -0.39 is 14.9 Å². The van der Waals surface area contributed by atoms with Gasteiger partial charge in [-0.3, -0.25) is 15.5 Å². The first kappa shape index (κ1) is 19.5. The fourth-order valence-corrected chi connectivity index (χ4v) is 4.90. The van der Waals surface area contributed by atoms with E-state index in [0.29, 0.717) is 26.1 Å². The van der Waals surface area contributed by atoms with Gasteiger partial charge in [0, 0.05) is 37.7 Å². The number of morpholine rings is 1. The number of hydrazone groups is 1. The molecule has 1 fully saturated rings. The Balaban J connectivity index is 1.57. The van der Waals surface area contributed by atoms with Gasteiger partial charge in [-0.15, -0.1) is 0 Å². The molecule has 0 radical (unpaired) electrons. The molecular weight excluding hydrogens is 396 g/mol. The molecule has 0 spiro atoms. The highest BCUT2D eigenvalue weighted by molar-refractivity contribution is 7.89. The molecule has 2 aliphatic rings. The van der Waals surface area contributed by atoms with E-state index in [2.05, 4.69) is 10.5 Å². The maximum atomic E-state index is 12.8.